The van der Waals surface area contributed by atoms with E-state index in [2.05, 4.69) is 21.2 Å². The van der Waals surface area contributed by atoms with E-state index >= 15 is 0 Å². The van der Waals surface area contributed by atoms with Gasteiger partial charge in [0.2, 0.25) is 0 Å². The standard InChI is InChI=1S/C13H15BrN2O4/c1-20-13(5-2-6-13)8-15-12(17)10-7-9(16(18)19)3-4-11(10)14/h3-4,7H,2,5-6,8H2,1H3,(H,15,17). The summed E-state index contributed by atoms with van der Waals surface area (Å²) in [5.74, 6) is -0.344. The first kappa shape index (κ1) is 14.9. The number of halogens is 1. The van der Waals surface area contributed by atoms with Gasteiger partial charge in [-0.05, 0) is 41.3 Å². The summed E-state index contributed by atoms with van der Waals surface area (Å²) in [6.07, 6.45) is 2.92. The van der Waals surface area contributed by atoms with E-state index in [1.165, 1.54) is 18.2 Å². The van der Waals surface area contributed by atoms with Gasteiger partial charge >= 0.3 is 0 Å². The molecule has 1 fully saturated rings. The van der Waals surface area contributed by atoms with Gasteiger partial charge in [0, 0.05) is 30.3 Å². The zero-order chi connectivity index (χ0) is 14.8. The van der Waals surface area contributed by atoms with E-state index in [9.17, 15) is 14.9 Å². The molecule has 0 heterocycles. The Labute approximate surface area is 124 Å². The number of hydrogen-bond acceptors (Lipinski definition) is 4. The fourth-order valence-electron chi connectivity index (χ4n) is 2.16. The van der Waals surface area contributed by atoms with E-state index in [1.807, 2.05) is 0 Å². The average Bonchev–Trinajstić information content (AvgIpc) is 2.38. The summed E-state index contributed by atoms with van der Waals surface area (Å²) in [4.78, 5) is 22.3. The number of nitro benzene ring substituents is 1. The van der Waals surface area contributed by atoms with E-state index in [0.29, 0.717) is 11.0 Å². The van der Waals surface area contributed by atoms with Gasteiger partial charge in [0.25, 0.3) is 11.6 Å². The number of benzene rings is 1. The SMILES string of the molecule is COC1(CNC(=O)c2cc([N+](=O)[O-])ccc2Br)CCC1. The zero-order valence-electron chi connectivity index (χ0n) is 11.0. The molecule has 0 saturated heterocycles. The van der Waals surface area contributed by atoms with Crippen LogP contribution >= 0.6 is 15.9 Å². The fourth-order valence-corrected chi connectivity index (χ4v) is 2.59. The number of nitro groups is 1. The van der Waals surface area contributed by atoms with Crippen LogP contribution in [0.15, 0.2) is 22.7 Å². The Hall–Kier alpha value is -1.47. The molecule has 0 bridgehead atoms. The Bertz CT molecular complexity index is 538. The molecule has 0 unspecified atom stereocenters. The second-order valence-electron chi connectivity index (χ2n) is 4.84. The van der Waals surface area contributed by atoms with Crippen molar-refractivity contribution in [2.75, 3.05) is 13.7 Å². The molecule has 1 amide bonds. The van der Waals surface area contributed by atoms with Crippen LogP contribution in [0.4, 0.5) is 5.69 Å². The number of nitrogens with zero attached hydrogens (tertiary/aromatic N) is 1. The summed E-state index contributed by atoms with van der Waals surface area (Å²) in [6, 6.07) is 4.12. The molecule has 1 aliphatic rings. The predicted molar refractivity (Wildman–Crippen MR) is 76.7 cm³/mol. The zero-order valence-corrected chi connectivity index (χ0v) is 12.6. The van der Waals surface area contributed by atoms with E-state index in [0.717, 1.165) is 19.3 Å². The first-order valence-corrected chi connectivity index (χ1v) is 7.04. The minimum Gasteiger partial charge on any atom is -0.376 e. The molecule has 7 heteroatoms. The third-order valence-electron chi connectivity index (χ3n) is 3.67. The molecule has 0 spiro atoms. The maximum absolute atomic E-state index is 12.1. The van der Waals surface area contributed by atoms with Gasteiger partial charge in [-0.15, -0.1) is 0 Å². The summed E-state index contributed by atoms with van der Waals surface area (Å²) in [7, 11) is 1.63. The van der Waals surface area contributed by atoms with E-state index in [4.69, 9.17) is 4.74 Å². The van der Waals surface area contributed by atoms with Gasteiger partial charge < -0.3 is 10.1 Å². The van der Waals surface area contributed by atoms with Gasteiger partial charge in [-0.25, -0.2) is 0 Å². The molecule has 1 aliphatic carbocycles. The Kier molecular flexibility index (Phi) is 4.39. The van der Waals surface area contributed by atoms with Crippen LogP contribution in [0.1, 0.15) is 29.6 Å². The van der Waals surface area contributed by atoms with Crippen molar-refractivity contribution in [3.8, 4) is 0 Å². The molecule has 1 saturated carbocycles. The molecule has 0 atom stereocenters. The number of methoxy groups -OCH3 is 1. The molecule has 1 aromatic rings. The normalized spacial score (nSPS) is 16.3. The van der Waals surface area contributed by atoms with Crippen LogP contribution in [0, 0.1) is 10.1 Å². The lowest BCUT2D eigenvalue weighted by atomic mass is 9.80. The maximum Gasteiger partial charge on any atom is 0.270 e. The molecule has 1 N–H and O–H groups in total. The molecule has 2 rings (SSSR count). The highest BCUT2D eigenvalue weighted by molar-refractivity contribution is 9.10. The summed E-state index contributed by atoms with van der Waals surface area (Å²) in [5, 5.41) is 13.5. The van der Waals surface area contributed by atoms with Crippen molar-refractivity contribution in [1.82, 2.24) is 5.32 Å². The Morgan fingerprint density at radius 1 is 1.55 bits per heavy atom. The fraction of sp³-hybridized carbons (Fsp3) is 0.462. The van der Waals surface area contributed by atoms with E-state index in [1.54, 1.807) is 7.11 Å². The highest BCUT2D eigenvalue weighted by atomic mass is 79.9. The first-order valence-electron chi connectivity index (χ1n) is 6.25. The second kappa shape index (κ2) is 5.88. The van der Waals surface area contributed by atoms with Crippen molar-refractivity contribution in [2.45, 2.75) is 24.9 Å². The van der Waals surface area contributed by atoms with Crippen LogP contribution in [0.2, 0.25) is 0 Å². The van der Waals surface area contributed by atoms with Crippen LogP contribution in [0.25, 0.3) is 0 Å². The molecule has 108 valence electrons. The van der Waals surface area contributed by atoms with Gasteiger partial charge in [-0.1, -0.05) is 0 Å². The Balaban J connectivity index is 2.09. The third-order valence-corrected chi connectivity index (χ3v) is 4.37. The smallest absolute Gasteiger partial charge is 0.270 e. The molecule has 1 aromatic carbocycles. The van der Waals surface area contributed by atoms with Gasteiger partial charge in [-0.2, -0.15) is 0 Å². The van der Waals surface area contributed by atoms with Gasteiger partial charge in [0.05, 0.1) is 16.1 Å². The summed E-state index contributed by atoms with van der Waals surface area (Å²) in [5.41, 5.74) is -0.128. The van der Waals surface area contributed by atoms with Gasteiger partial charge in [-0.3, -0.25) is 14.9 Å². The van der Waals surface area contributed by atoms with Crippen molar-refractivity contribution in [1.29, 1.82) is 0 Å². The number of amides is 1. The number of rotatable bonds is 5. The van der Waals surface area contributed by atoms with Crippen molar-refractivity contribution in [3.05, 3.63) is 38.3 Å². The molecule has 0 aromatic heterocycles. The van der Waals surface area contributed by atoms with Crippen LogP contribution in [-0.4, -0.2) is 30.1 Å². The summed E-state index contributed by atoms with van der Waals surface area (Å²) in [6.45, 7) is 0.414. The third kappa shape index (κ3) is 2.99. The highest BCUT2D eigenvalue weighted by Gasteiger charge is 2.37. The molecule has 20 heavy (non-hydrogen) atoms. The molecule has 0 aliphatic heterocycles. The van der Waals surface area contributed by atoms with Crippen molar-refractivity contribution in [3.63, 3.8) is 0 Å². The molecular formula is C13H15BrN2O4. The van der Waals surface area contributed by atoms with Crippen LogP contribution in [0.5, 0.6) is 0 Å². The number of carbonyl (C=O) groups is 1. The largest absolute Gasteiger partial charge is 0.376 e. The average molecular weight is 343 g/mol. The van der Waals surface area contributed by atoms with E-state index < -0.39 is 4.92 Å². The van der Waals surface area contributed by atoms with Crippen molar-refractivity contribution < 1.29 is 14.5 Å². The number of nitrogens with one attached hydrogen (secondary N) is 1. The van der Waals surface area contributed by atoms with Gasteiger partial charge in [0.1, 0.15) is 0 Å². The van der Waals surface area contributed by atoms with Crippen molar-refractivity contribution >= 4 is 27.5 Å². The van der Waals surface area contributed by atoms with Crippen LogP contribution < -0.4 is 5.32 Å². The molecule has 6 nitrogen and oxygen atoms in total. The molecular weight excluding hydrogens is 328 g/mol. The minimum atomic E-state index is -0.522. The lowest BCUT2D eigenvalue weighted by molar-refractivity contribution is -0.384. The van der Waals surface area contributed by atoms with E-state index in [-0.39, 0.29) is 22.8 Å². The number of non-ortho nitro benzene ring substituents is 1. The monoisotopic (exact) mass is 342 g/mol. The van der Waals surface area contributed by atoms with Crippen LogP contribution in [0.3, 0.4) is 0 Å². The predicted octanol–water partition coefficient (Wildman–Crippen LogP) is 2.66. The lowest BCUT2D eigenvalue weighted by Gasteiger charge is -2.40. The topological polar surface area (TPSA) is 81.5 Å². The van der Waals surface area contributed by atoms with Crippen LogP contribution in [-0.2, 0) is 4.74 Å². The number of hydrogen-bond donors (Lipinski definition) is 1. The van der Waals surface area contributed by atoms with Gasteiger partial charge in [0.15, 0.2) is 0 Å². The Morgan fingerprint density at radius 3 is 2.75 bits per heavy atom. The highest BCUT2D eigenvalue weighted by Crippen LogP contribution is 2.34. The minimum absolute atomic E-state index is 0.108. The second-order valence-corrected chi connectivity index (χ2v) is 5.70. The molecule has 0 radical (unpaired) electrons. The van der Waals surface area contributed by atoms with Crippen molar-refractivity contribution in [2.24, 2.45) is 0 Å². The maximum atomic E-state index is 12.1. The quantitative estimate of drug-likeness (QED) is 0.658. The number of ether oxygens (including phenoxy) is 1. The summed E-state index contributed by atoms with van der Waals surface area (Å²) >= 11 is 3.23. The number of carbonyl (C=O) groups excluding carboxylic acids is 1. The lowest BCUT2D eigenvalue weighted by Crippen LogP contribution is -2.49. The first-order chi connectivity index (χ1) is 9.47. The Morgan fingerprint density at radius 2 is 2.25 bits per heavy atom. The summed E-state index contributed by atoms with van der Waals surface area (Å²) < 4.78 is 5.95.